The van der Waals surface area contributed by atoms with Gasteiger partial charge in [-0.1, -0.05) is 12.1 Å². The van der Waals surface area contributed by atoms with Crippen LogP contribution in [0.25, 0.3) is 11.3 Å². The summed E-state index contributed by atoms with van der Waals surface area (Å²) in [5.74, 6) is 1.09. The topological polar surface area (TPSA) is 90.9 Å². The lowest BCUT2D eigenvalue weighted by atomic mass is 10.1. The Hall–Kier alpha value is -2.65. The molecule has 112 valence electrons. The van der Waals surface area contributed by atoms with E-state index < -0.39 is 0 Å². The third-order valence-corrected chi connectivity index (χ3v) is 3.94. The van der Waals surface area contributed by atoms with Gasteiger partial charge < -0.3 is 16.0 Å². The molecular weight excluding hydrogens is 276 g/mol. The van der Waals surface area contributed by atoms with Gasteiger partial charge in [-0.15, -0.1) is 0 Å². The molecule has 1 unspecified atom stereocenters. The van der Waals surface area contributed by atoms with Gasteiger partial charge in [0.25, 0.3) is 0 Å². The second-order valence-corrected chi connectivity index (χ2v) is 5.38. The first-order chi connectivity index (χ1) is 10.7. The van der Waals surface area contributed by atoms with Crippen LogP contribution in [0.15, 0.2) is 30.3 Å². The fourth-order valence-electron chi connectivity index (χ4n) is 2.71. The molecule has 6 nitrogen and oxygen atoms in total. The highest BCUT2D eigenvalue weighted by Crippen LogP contribution is 2.25. The van der Waals surface area contributed by atoms with Crippen molar-refractivity contribution in [1.82, 2.24) is 15.3 Å². The van der Waals surface area contributed by atoms with E-state index in [0.717, 1.165) is 36.6 Å². The van der Waals surface area contributed by atoms with Gasteiger partial charge in [0.15, 0.2) is 0 Å². The van der Waals surface area contributed by atoms with Gasteiger partial charge in [-0.25, -0.2) is 4.98 Å². The predicted octanol–water partition coefficient (Wildman–Crippen LogP) is 1.40. The number of hydrogen-bond acceptors (Lipinski definition) is 6. The van der Waals surface area contributed by atoms with E-state index in [1.165, 1.54) is 0 Å². The zero-order valence-corrected chi connectivity index (χ0v) is 12.5. The minimum absolute atomic E-state index is 0.253. The summed E-state index contributed by atoms with van der Waals surface area (Å²) in [4.78, 5) is 10.9. The van der Waals surface area contributed by atoms with Crippen LogP contribution < -0.4 is 16.0 Å². The number of nitriles is 1. The molecule has 0 radical (unpaired) electrons. The molecule has 2 aromatic rings. The highest BCUT2D eigenvalue weighted by atomic mass is 15.2. The van der Waals surface area contributed by atoms with E-state index in [2.05, 4.69) is 26.3 Å². The largest absolute Gasteiger partial charge is 0.368 e. The number of likely N-dealkylation sites (N-methyl/N-ethyl adjacent to an activating group) is 1. The molecule has 22 heavy (non-hydrogen) atoms. The van der Waals surface area contributed by atoms with Crippen LogP contribution in [0.5, 0.6) is 0 Å². The molecule has 3 N–H and O–H groups in total. The van der Waals surface area contributed by atoms with Crippen LogP contribution in [-0.4, -0.2) is 36.1 Å². The van der Waals surface area contributed by atoms with E-state index in [9.17, 15) is 0 Å². The molecule has 1 aliphatic heterocycles. The van der Waals surface area contributed by atoms with Gasteiger partial charge in [0.05, 0.1) is 17.3 Å². The van der Waals surface area contributed by atoms with Crippen LogP contribution >= 0.6 is 0 Å². The average molecular weight is 294 g/mol. The van der Waals surface area contributed by atoms with Gasteiger partial charge in [-0.2, -0.15) is 10.2 Å². The van der Waals surface area contributed by atoms with Crippen LogP contribution in [0.3, 0.4) is 0 Å². The molecule has 1 atom stereocenters. The quantitative estimate of drug-likeness (QED) is 0.889. The first-order valence-electron chi connectivity index (χ1n) is 7.27. The molecule has 1 saturated heterocycles. The molecule has 3 rings (SSSR count). The van der Waals surface area contributed by atoms with Crippen molar-refractivity contribution in [1.29, 1.82) is 5.26 Å². The summed E-state index contributed by atoms with van der Waals surface area (Å²) in [6.45, 7) is 1.85. The fraction of sp³-hybridized carbons (Fsp3) is 0.312. The van der Waals surface area contributed by atoms with E-state index in [0.29, 0.717) is 11.6 Å². The smallest absolute Gasteiger partial charge is 0.222 e. The van der Waals surface area contributed by atoms with Crippen LogP contribution in [0.4, 0.5) is 11.8 Å². The Bertz CT molecular complexity index is 721. The first kappa shape index (κ1) is 14.3. The Morgan fingerprint density at radius 2 is 2.23 bits per heavy atom. The van der Waals surface area contributed by atoms with Gasteiger partial charge in [0, 0.05) is 30.8 Å². The molecule has 1 aromatic heterocycles. The maximum absolute atomic E-state index is 9.02. The zero-order valence-electron chi connectivity index (χ0n) is 12.5. The maximum Gasteiger partial charge on any atom is 0.222 e. The average Bonchev–Trinajstić information content (AvgIpc) is 3.03. The molecule has 6 heteroatoms. The molecule has 1 aromatic carbocycles. The van der Waals surface area contributed by atoms with Gasteiger partial charge in [0.2, 0.25) is 5.95 Å². The van der Waals surface area contributed by atoms with Crippen molar-refractivity contribution >= 4 is 11.8 Å². The van der Waals surface area contributed by atoms with Gasteiger partial charge >= 0.3 is 0 Å². The fourth-order valence-corrected chi connectivity index (χ4v) is 2.71. The van der Waals surface area contributed by atoms with E-state index >= 15 is 0 Å². The molecule has 0 bridgehead atoms. The number of nitrogen functional groups attached to an aromatic ring is 1. The van der Waals surface area contributed by atoms with Gasteiger partial charge in [-0.05, 0) is 25.6 Å². The van der Waals surface area contributed by atoms with E-state index in [1.807, 2.05) is 31.3 Å². The summed E-state index contributed by atoms with van der Waals surface area (Å²) in [7, 11) is 1.97. The second kappa shape index (κ2) is 6.00. The number of anilines is 2. The summed E-state index contributed by atoms with van der Waals surface area (Å²) < 4.78 is 0. The number of aromatic nitrogens is 2. The normalized spacial score (nSPS) is 17.5. The van der Waals surface area contributed by atoms with Crippen molar-refractivity contribution < 1.29 is 0 Å². The van der Waals surface area contributed by atoms with Crippen molar-refractivity contribution in [3.8, 4) is 17.3 Å². The van der Waals surface area contributed by atoms with Crippen LogP contribution in [0.2, 0.25) is 0 Å². The zero-order chi connectivity index (χ0) is 15.5. The second-order valence-electron chi connectivity index (χ2n) is 5.38. The Morgan fingerprint density at radius 1 is 1.36 bits per heavy atom. The highest BCUT2D eigenvalue weighted by molar-refractivity contribution is 5.66. The lowest BCUT2D eigenvalue weighted by Crippen LogP contribution is -2.30. The SMILES string of the molecule is CNC1CCN(c2cc(-c3cccc(C#N)c3)nc(N)n2)C1. The number of nitrogens with one attached hydrogen (secondary N) is 1. The van der Waals surface area contributed by atoms with Crippen molar-refractivity contribution in [2.75, 3.05) is 30.8 Å². The summed E-state index contributed by atoms with van der Waals surface area (Å²) in [6, 6.07) is 11.9. The molecule has 2 heterocycles. The Kier molecular flexibility index (Phi) is 3.90. The summed E-state index contributed by atoms with van der Waals surface area (Å²) in [6.07, 6.45) is 1.08. The number of nitrogens with zero attached hydrogens (tertiary/aromatic N) is 4. The van der Waals surface area contributed by atoms with Crippen molar-refractivity contribution in [3.05, 3.63) is 35.9 Å². The molecule has 1 fully saturated rings. The Labute approximate surface area is 129 Å². The number of hydrogen-bond donors (Lipinski definition) is 2. The Morgan fingerprint density at radius 3 is 2.95 bits per heavy atom. The van der Waals surface area contributed by atoms with E-state index in [4.69, 9.17) is 11.0 Å². The summed E-state index contributed by atoms with van der Waals surface area (Å²) in [5, 5.41) is 12.3. The minimum Gasteiger partial charge on any atom is -0.368 e. The molecule has 1 aliphatic rings. The third-order valence-electron chi connectivity index (χ3n) is 3.94. The molecular formula is C16H18N6. The standard InChI is InChI=1S/C16H18N6/c1-19-13-5-6-22(10-13)15-8-14(20-16(18)21-15)12-4-2-3-11(7-12)9-17/h2-4,7-8,13,19H,5-6,10H2,1H3,(H2,18,20,21). The summed E-state index contributed by atoms with van der Waals surface area (Å²) in [5.41, 5.74) is 8.09. The highest BCUT2D eigenvalue weighted by Gasteiger charge is 2.22. The number of nitrogens with two attached hydrogens (primary N) is 1. The van der Waals surface area contributed by atoms with Crippen molar-refractivity contribution in [2.24, 2.45) is 0 Å². The van der Waals surface area contributed by atoms with Crippen LogP contribution in [-0.2, 0) is 0 Å². The lowest BCUT2D eigenvalue weighted by Gasteiger charge is -2.18. The first-order valence-corrected chi connectivity index (χ1v) is 7.27. The molecule has 0 spiro atoms. The van der Waals surface area contributed by atoms with Gasteiger partial charge in [-0.3, -0.25) is 0 Å². The van der Waals surface area contributed by atoms with Crippen LogP contribution in [0, 0.1) is 11.3 Å². The lowest BCUT2D eigenvalue weighted by molar-refractivity contribution is 0.616. The number of benzene rings is 1. The maximum atomic E-state index is 9.02. The minimum atomic E-state index is 0.253. The number of rotatable bonds is 3. The van der Waals surface area contributed by atoms with E-state index in [1.54, 1.807) is 6.07 Å². The van der Waals surface area contributed by atoms with Crippen LogP contribution in [0.1, 0.15) is 12.0 Å². The predicted molar refractivity (Wildman–Crippen MR) is 86.3 cm³/mol. The monoisotopic (exact) mass is 294 g/mol. The molecule has 0 aliphatic carbocycles. The van der Waals surface area contributed by atoms with E-state index in [-0.39, 0.29) is 5.95 Å². The summed E-state index contributed by atoms with van der Waals surface area (Å²) >= 11 is 0. The molecule has 0 saturated carbocycles. The Balaban J connectivity index is 1.95. The van der Waals surface area contributed by atoms with Crippen molar-refractivity contribution in [2.45, 2.75) is 12.5 Å². The third kappa shape index (κ3) is 2.85. The molecule has 0 amide bonds. The van der Waals surface area contributed by atoms with Crippen molar-refractivity contribution in [3.63, 3.8) is 0 Å². The van der Waals surface area contributed by atoms with Gasteiger partial charge in [0.1, 0.15) is 5.82 Å².